The van der Waals surface area contributed by atoms with Gasteiger partial charge in [0.05, 0.1) is 29.8 Å². The normalized spacial score (nSPS) is 26.0. The molecule has 6 atom stereocenters. The zero-order chi connectivity index (χ0) is 31.0. The minimum absolute atomic E-state index is 0.0394. The molecule has 3 aromatic carbocycles. The molecule has 2 fully saturated rings. The number of rotatable bonds is 9. The summed E-state index contributed by atoms with van der Waals surface area (Å²) >= 11 is 0. The number of nitro groups is 1. The van der Waals surface area contributed by atoms with Crippen molar-refractivity contribution in [2.24, 2.45) is 0 Å². The molecule has 13 nitrogen and oxygen atoms in total. The van der Waals surface area contributed by atoms with Crippen molar-refractivity contribution >= 4 is 17.5 Å². The lowest BCUT2D eigenvalue weighted by Gasteiger charge is -2.49. The number of imide groups is 1. The van der Waals surface area contributed by atoms with Gasteiger partial charge in [0.15, 0.2) is 12.0 Å². The molecule has 0 bridgehead atoms. The third-order valence-corrected chi connectivity index (χ3v) is 7.58. The van der Waals surface area contributed by atoms with E-state index in [9.17, 15) is 24.8 Å². The van der Waals surface area contributed by atoms with Crippen LogP contribution in [0.4, 0.5) is 5.69 Å². The molecule has 6 rings (SSSR count). The van der Waals surface area contributed by atoms with E-state index >= 15 is 0 Å². The summed E-state index contributed by atoms with van der Waals surface area (Å²) in [7, 11) is 1.52. The molecule has 0 saturated carbocycles. The molecular weight excluding hydrogens is 576 g/mol. The minimum Gasteiger partial charge on any atom is -0.497 e. The summed E-state index contributed by atoms with van der Waals surface area (Å²) in [5.74, 6) is -0.273. The summed E-state index contributed by atoms with van der Waals surface area (Å²) in [6, 6.07) is 15.8. The van der Waals surface area contributed by atoms with Crippen LogP contribution in [0.1, 0.15) is 32.6 Å². The second-order valence-corrected chi connectivity index (χ2v) is 10.2. The zero-order valence-electron chi connectivity index (χ0n) is 23.4. The Bertz CT molecular complexity index is 1560. The van der Waals surface area contributed by atoms with E-state index in [-0.39, 0.29) is 35.8 Å². The van der Waals surface area contributed by atoms with Gasteiger partial charge in [-0.1, -0.05) is 24.8 Å². The number of carbonyl (C=O) groups is 2. The standard InChI is InChI=1S/C31H28N2O11/c1-3-14-40-23-13-8-17(15-22(23)33(37)38)30-41-16-24-27(44-30)26(34)25(31(43-24)42-19-11-9-18(39-2)10-12-19)32-28(35)20-6-4-5-7-21(20)29(32)36/h3-13,15,24-27,30-31,34H,1,14,16H2,2H3/t24-,25-,26-,27-,30-,31-/m1/s1. The minimum atomic E-state index is -1.49. The lowest BCUT2D eigenvalue weighted by atomic mass is 9.94. The fraction of sp³-hybridized carbons (Fsp3) is 0.290. The summed E-state index contributed by atoms with van der Waals surface area (Å²) in [4.78, 5) is 39.1. The number of methoxy groups -OCH3 is 1. The van der Waals surface area contributed by atoms with Gasteiger partial charge in [0.25, 0.3) is 11.8 Å². The summed E-state index contributed by atoms with van der Waals surface area (Å²) in [6.07, 6.45) is -4.44. The highest BCUT2D eigenvalue weighted by molar-refractivity contribution is 6.21. The van der Waals surface area contributed by atoms with E-state index in [2.05, 4.69) is 6.58 Å². The fourth-order valence-corrected chi connectivity index (χ4v) is 5.48. The van der Waals surface area contributed by atoms with Crippen LogP contribution in [0.15, 0.2) is 79.4 Å². The molecule has 0 spiro atoms. The largest absolute Gasteiger partial charge is 0.497 e. The molecule has 3 aliphatic heterocycles. The van der Waals surface area contributed by atoms with E-state index in [1.165, 1.54) is 37.5 Å². The molecule has 0 unspecified atom stereocenters. The third-order valence-electron chi connectivity index (χ3n) is 7.58. The molecule has 1 N–H and O–H groups in total. The van der Waals surface area contributed by atoms with Crippen molar-refractivity contribution in [1.29, 1.82) is 0 Å². The van der Waals surface area contributed by atoms with Crippen LogP contribution in [0.5, 0.6) is 17.2 Å². The van der Waals surface area contributed by atoms with Gasteiger partial charge in [0.1, 0.15) is 42.5 Å². The maximum Gasteiger partial charge on any atom is 0.311 e. The van der Waals surface area contributed by atoms with Crippen LogP contribution < -0.4 is 14.2 Å². The summed E-state index contributed by atoms with van der Waals surface area (Å²) in [5.41, 5.74) is 0.358. The Morgan fingerprint density at radius 1 is 1.05 bits per heavy atom. The predicted octanol–water partition coefficient (Wildman–Crippen LogP) is 3.41. The van der Waals surface area contributed by atoms with Crippen molar-refractivity contribution < 1.29 is 48.0 Å². The van der Waals surface area contributed by atoms with Gasteiger partial charge in [0.2, 0.25) is 6.29 Å². The Labute approximate surface area is 251 Å². The van der Waals surface area contributed by atoms with Crippen LogP contribution in [0.25, 0.3) is 0 Å². The molecule has 0 aromatic heterocycles. The van der Waals surface area contributed by atoms with Gasteiger partial charge in [-0.25, -0.2) is 0 Å². The molecule has 2 amide bonds. The Morgan fingerprint density at radius 2 is 1.73 bits per heavy atom. The lowest BCUT2D eigenvalue weighted by molar-refractivity contribution is -0.386. The summed E-state index contributed by atoms with van der Waals surface area (Å²) in [5, 5.41) is 23.5. The van der Waals surface area contributed by atoms with Crippen molar-refractivity contribution in [1.82, 2.24) is 4.90 Å². The predicted molar refractivity (Wildman–Crippen MR) is 151 cm³/mol. The van der Waals surface area contributed by atoms with Crippen LogP contribution in [-0.4, -0.2) is 77.7 Å². The number of carbonyl (C=O) groups excluding carboxylic acids is 2. The van der Waals surface area contributed by atoms with E-state index in [4.69, 9.17) is 28.4 Å². The number of nitro benzene ring substituents is 1. The van der Waals surface area contributed by atoms with Crippen LogP contribution >= 0.6 is 0 Å². The zero-order valence-corrected chi connectivity index (χ0v) is 23.4. The smallest absolute Gasteiger partial charge is 0.311 e. The Morgan fingerprint density at radius 3 is 2.36 bits per heavy atom. The second-order valence-electron chi connectivity index (χ2n) is 10.2. The molecule has 0 aliphatic carbocycles. The molecule has 13 heteroatoms. The van der Waals surface area contributed by atoms with Crippen LogP contribution in [0.3, 0.4) is 0 Å². The number of aliphatic hydroxyl groups is 1. The first kappa shape index (κ1) is 29.3. The molecule has 44 heavy (non-hydrogen) atoms. The van der Waals surface area contributed by atoms with Gasteiger partial charge in [-0.15, -0.1) is 0 Å². The van der Waals surface area contributed by atoms with Crippen LogP contribution in [0, 0.1) is 10.1 Å². The van der Waals surface area contributed by atoms with Gasteiger partial charge in [-0.05, 0) is 48.5 Å². The monoisotopic (exact) mass is 604 g/mol. The van der Waals surface area contributed by atoms with Crippen molar-refractivity contribution in [2.75, 3.05) is 20.3 Å². The van der Waals surface area contributed by atoms with Crippen molar-refractivity contribution in [3.8, 4) is 17.2 Å². The maximum absolute atomic E-state index is 13.5. The number of amides is 2. The molecule has 3 aromatic rings. The van der Waals surface area contributed by atoms with Gasteiger partial charge >= 0.3 is 5.69 Å². The molecule has 228 valence electrons. The number of benzene rings is 3. The van der Waals surface area contributed by atoms with Crippen molar-refractivity contribution in [3.63, 3.8) is 0 Å². The average molecular weight is 605 g/mol. The van der Waals surface area contributed by atoms with E-state index in [0.29, 0.717) is 17.1 Å². The lowest BCUT2D eigenvalue weighted by Crippen LogP contribution is -2.68. The van der Waals surface area contributed by atoms with Crippen molar-refractivity contribution in [2.45, 2.75) is 36.9 Å². The molecule has 2 saturated heterocycles. The highest BCUT2D eigenvalue weighted by Gasteiger charge is 2.56. The molecule has 3 aliphatic rings. The second kappa shape index (κ2) is 12.1. The first-order valence-corrected chi connectivity index (χ1v) is 13.7. The van der Waals surface area contributed by atoms with Crippen molar-refractivity contribution in [3.05, 3.63) is 106 Å². The molecular formula is C31H28N2O11. The van der Waals surface area contributed by atoms with E-state index in [0.717, 1.165) is 4.90 Å². The quantitative estimate of drug-likeness (QED) is 0.165. The van der Waals surface area contributed by atoms with E-state index in [1.54, 1.807) is 42.5 Å². The van der Waals surface area contributed by atoms with Crippen LogP contribution in [-0.2, 0) is 14.2 Å². The van der Waals surface area contributed by atoms with Gasteiger partial charge in [-0.3, -0.25) is 24.6 Å². The van der Waals surface area contributed by atoms with E-state index < -0.39 is 53.7 Å². The fourth-order valence-electron chi connectivity index (χ4n) is 5.48. The van der Waals surface area contributed by atoms with E-state index in [1.807, 2.05) is 0 Å². The van der Waals surface area contributed by atoms with Crippen LogP contribution in [0.2, 0.25) is 0 Å². The third kappa shape index (κ3) is 5.26. The number of hydrogen-bond acceptors (Lipinski definition) is 11. The number of ether oxygens (including phenoxy) is 6. The maximum atomic E-state index is 13.5. The van der Waals surface area contributed by atoms with Gasteiger partial charge in [0, 0.05) is 11.6 Å². The summed E-state index contributed by atoms with van der Waals surface area (Å²) in [6.45, 7) is 3.53. The Hall–Kier alpha value is -4.82. The molecule has 3 heterocycles. The first-order chi connectivity index (χ1) is 21.3. The first-order valence-electron chi connectivity index (χ1n) is 13.7. The number of aliphatic hydroxyl groups excluding tert-OH is 1. The highest BCUT2D eigenvalue weighted by atomic mass is 16.7. The number of hydrogen-bond donors (Lipinski definition) is 1. The Kier molecular flexibility index (Phi) is 8.01. The number of nitrogens with zero attached hydrogens (tertiary/aromatic N) is 2. The average Bonchev–Trinajstić information content (AvgIpc) is 3.29. The topological polar surface area (TPSA) is 156 Å². The molecule has 0 radical (unpaired) electrons. The van der Waals surface area contributed by atoms with Gasteiger partial charge in [-0.2, -0.15) is 0 Å². The van der Waals surface area contributed by atoms with Gasteiger partial charge < -0.3 is 33.5 Å². The Balaban J connectivity index is 1.30. The number of fused-ring (bicyclic) bond motifs is 2. The highest BCUT2D eigenvalue weighted by Crippen LogP contribution is 2.40. The summed E-state index contributed by atoms with van der Waals surface area (Å²) < 4.78 is 34.9. The SMILES string of the molecule is C=CCOc1ccc([C@@H]2OC[C@H]3O[C@@H](Oc4ccc(OC)cc4)[C@H](N4C(=O)c5ccccc5C4=O)[C@@H](O)[C@@H]3O2)cc1[N+](=O)[O-].